The first kappa shape index (κ1) is 13.3. The summed E-state index contributed by atoms with van der Waals surface area (Å²) in [6.45, 7) is 3.66. The van der Waals surface area contributed by atoms with Crippen molar-refractivity contribution >= 4 is 11.2 Å². The standard InChI is InChI=1S/C13H15N5O3/c1-7-5-14-11(21-7)8(2)18-6-15-10-9(18)12(19)17(4)13(20)16(10)3/h5-6,8H,1-4H3. The third kappa shape index (κ3) is 1.83. The minimum atomic E-state index is -0.405. The summed E-state index contributed by atoms with van der Waals surface area (Å²) in [5, 5.41) is 0. The van der Waals surface area contributed by atoms with Gasteiger partial charge in [0.05, 0.1) is 12.5 Å². The number of aromatic nitrogens is 5. The van der Waals surface area contributed by atoms with Crippen LogP contribution in [0.1, 0.15) is 24.6 Å². The van der Waals surface area contributed by atoms with Crippen molar-refractivity contribution in [2.75, 3.05) is 0 Å². The van der Waals surface area contributed by atoms with Gasteiger partial charge < -0.3 is 8.98 Å². The predicted octanol–water partition coefficient (Wildman–Crippen LogP) is 0.339. The van der Waals surface area contributed by atoms with E-state index in [1.54, 1.807) is 24.7 Å². The van der Waals surface area contributed by atoms with Crippen LogP contribution in [0.2, 0.25) is 0 Å². The lowest BCUT2D eigenvalue weighted by Crippen LogP contribution is -2.37. The third-order valence-corrected chi connectivity index (χ3v) is 3.59. The fraction of sp³-hybridized carbons (Fsp3) is 0.385. The van der Waals surface area contributed by atoms with Gasteiger partial charge >= 0.3 is 5.69 Å². The van der Waals surface area contributed by atoms with Crippen molar-refractivity contribution in [3.63, 3.8) is 0 Å². The summed E-state index contributed by atoms with van der Waals surface area (Å²) in [6.07, 6.45) is 3.15. The van der Waals surface area contributed by atoms with Gasteiger partial charge in [0.15, 0.2) is 11.2 Å². The van der Waals surface area contributed by atoms with Gasteiger partial charge in [-0.05, 0) is 13.8 Å². The second-order valence-corrected chi connectivity index (χ2v) is 5.01. The highest BCUT2D eigenvalue weighted by Gasteiger charge is 2.20. The van der Waals surface area contributed by atoms with E-state index in [-0.39, 0.29) is 11.6 Å². The zero-order valence-corrected chi connectivity index (χ0v) is 12.2. The Bertz CT molecular complexity index is 943. The van der Waals surface area contributed by atoms with Gasteiger partial charge in [-0.15, -0.1) is 0 Å². The van der Waals surface area contributed by atoms with Crippen LogP contribution in [0, 0.1) is 6.92 Å². The number of hydrogen-bond donors (Lipinski definition) is 0. The molecule has 0 fully saturated rings. The monoisotopic (exact) mass is 289 g/mol. The molecule has 3 aromatic rings. The topological polar surface area (TPSA) is 87.9 Å². The first-order valence-corrected chi connectivity index (χ1v) is 6.46. The van der Waals surface area contributed by atoms with E-state index in [1.165, 1.54) is 17.9 Å². The lowest BCUT2D eigenvalue weighted by Gasteiger charge is -2.11. The molecule has 3 heterocycles. The van der Waals surface area contributed by atoms with Crippen LogP contribution < -0.4 is 11.2 Å². The molecular weight excluding hydrogens is 274 g/mol. The van der Waals surface area contributed by atoms with Crippen LogP contribution in [0.5, 0.6) is 0 Å². The van der Waals surface area contributed by atoms with Crippen LogP contribution in [0.3, 0.4) is 0 Å². The molecule has 3 aromatic heterocycles. The number of aryl methyl sites for hydroxylation is 2. The SMILES string of the molecule is Cc1cnc(C(C)n2cnc3c2c(=O)n(C)c(=O)n3C)o1. The minimum absolute atomic E-state index is 0.297. The molecule has 1 atom stereocenters. The van der Waals surface area contributed by atoms with E-state index in [1.807, 2.05) is 6.92 Å². The molecule has 8 heteroatoms. The molecule has 0 aliphatic carbocycles. The quantitative estimate of drug-likeness (QED) is 0.679. The van der Waals surface area contributed by atoms with Crippen molar-refractivity contribution in [1.82, 2.24) is 23.7 Å². The second-order valence-electron chi connectivity index (χ2n) is 5.01. The average Bonchev–Trinajstić information content (AvgIpc) is 3.08. The Morgan fingerprint density at radius 2 is 1.90 bits per heavy atom. The highest BCUT2D eigenvalue weighted by molar-refractivity contribution is 5.70. The van der Waals surface area contributed by atoms with E-state index < -0.39 is 5.69 Å². The molecule has 0 saturated carbocycles. The van der Waals surface area contributed by atoms with Crippen LogP contribution in [0.4, 0.5) is 0 Å². The van der Waals surface area contributed by atoms with Crippen LogP contribution in [-0.4, -0.2) is 23.7 Å². The molecule has 0 amide bonds. The van der Waals surface area contributed by atoms with Crippen LogP contribution in [0.15, 0.2) is 26.5 Å². The van der Waals surface area contributed by atoms with E-state index in [2.05, 4.69) is 9.97 Å². The lowest BCUT2D eigenvalue weighted by atomic mass is 10.3. The molecule has 21 heavy (non-hydrogen) atoms. The van der Waals surface area contributed by atoms with E-state index >= 15 is 0 Å². The highest BCUT2D eigenvalue weighted by atomic mass is 16.4. The largest absolute Gasteiger partial charge is 0.444 e. The third-order valence-electron chi connectivity index (χ3n) is 3.59. The molecule has 1 unspecified atom stereocenters. The molecule has 0 spiro atoms. The normalized spacial score (nSPS) is 13.0. The Labute approximate surface area is 119 Å². The van der Waals surface area contributed by atoms with Gasteiger partial charge in [0, 0.05) is 14.1 Å². The first-order chi connectivity index (χ1) is 9.91. The van der Waals surface area contributed by atoms with E-state index in [0.717, 1.165) is 4.57 Å². The maximum Gasteiger partial charge on any atom is 0.332 e. The second kappa shape index (κ2) is 4.44. The Kier molecular flexibility index (Phi) is 2.82. The zero-order valence-electron chi connectivity index (χ0n) is 12.2. The Morgan fingerprint density at radius 3 is 2.52 bits per heavy atom. The van der Waals surface area contributed by atoms with Crippen molar-refractivity contribution in [2.45, 2.75) is 19.9 Å². The number of fused-ring (bicyclic) bond motifs is 1. The summed E-state index contributed by atoms with van der Waals surface area (Å²) in [7, 11) is 3.03. The Morgan fingerprint density at radius 1 is 1.19 bits per heavy atom. The van der Waals surface area contributed by atoms with E-state index in [9.17, 15) is 9.59 Å². The van der Waals surface area contributed by atoms with Crippen molar-refractivity contribution in [3.05, 3.63) is 45.0 Å². The number of rotatable bonds is 2. The zero-order chi connectivity index (χ0) is 15.3. The number of imidazole rings is 1. The smallest absolute Gasteiger partial charge is 0.332 e. The summed E-state index contributed by atoms with van der Waals surface area (Å²) in [4.78, 5) is 32.6. The molecule has 0 radical (unpaired) electrons. The van der Waals surface area contributed by atoms with Gasteiger partial charge in [-0.1, -0.05) is 0 Å². The molecular formula is C13H15N5O3. The van der Waals surface area contributed by atoms with Crippen molar-refractivity contribution in [3.8, 4) is 0 Å². The summed E-state index contributed by atoms with van der Waals surface area (Å²) in [5.41, 5.74) is -0.0979. The average molecular weight is 289 g/mol. The number of hydrogen-bond acceptors (Lipinski definition) is 5. The summed E-state index contributed by atoms with van der Waals surface area (Å²) >= 11 is 0. The van der Waals surface area contributed by atoms with Gasteiger partial charge in [-0.25, -0.2) is 14.8 Å². The fourth-order valence-corrected chi connectivity index (χ4v) is 2.34. The summed E-state index contributed by atoms with van der Waals surface area (Å²) in [5.74, 6) is 1.18. The molecule has 0 aromatic carbocycles. The summed E-state index contributed by atoms with van der Waals surface area (Å²) < 4.78 is 9.59. The molecule has 0 aliphatic heterocycles. The van der Waals surface area contributed by atoms with Crippen LogP contribution in [-0.2, 0) is 14.1 Å². The first-order valence-electron chi connectivity index (χ1n) is 6.46. The molecule has 0 saturated heterocycles. The molecule has 0 aliphatic rings. The molecule has 110 valence electrons. The van der Waals surface area contributed by atoms with Gasteiger partial charge in [0.2, 0.25) is 5.89 Å². The van der Waals surface area contributed by atoms with Gasteiger partial charge in [0.25, 0.3) is 5.56 Å². The van der Waals surface area contributed by atoms with Gasteiger partial charge in [-0.3, -0.25) is 13.9 Å². The minimum Gasteiger partial charge on any atom is -0.444 e. The molecule has 8 nitrogen and oxygen atoms in total. The van der Waals surface area contributed by atoms with Gasteiger partial charge in [-0.2, -0.15) is 0 Å². The molecule has 0 bridgehead atoms. The van der Waals surface area contributed by atoms with Crippen LogP contribution in [0.25, 0.3) is 11.2 Å². The lowest BCUT2D eigenvalue weighted by molar-refractivity contribution is 0.418. The highest BCUT2D eigenvalue weighted by Crippen LogP contribution is 2.20. The maximum atomic E-state index is 12.4. The fourth-order valence-electron chi connectivity index (χ4n) is 2.34. The number of oxazole rings is 1. The van der Waals surface area contributed by atoms with Crippen molar-refractivity contribution in [2.24, 2.45) is 14.1 Å². The van der Waals surface area contributed by atoms with Crippen molar-refractivity contribution < 1.29 is 4.42 Å². The van der Waals surface area contributed by atoms with E-state index in [0.29, 0.717) is 22.8 Å². The number of nitrogens with zero attached hydrogens (tertiary/aromatic N) is 5. The maximum absolute atomic E-state index is 12.4. The predicted molar refractivity (Wildman–Crippen MR) is 75.3 cm³/mol. The molecule has 0 N–H and O–H groups in total. The Balaban J connectivity index is 2.30. The summed E-state index contributed by atoms with van der Waals surface area (Å²) in [6, 6.07) is -0.297. The van der Waals surface area contributed by atoms with E-state index in [4.69, 9.17) is 4.42 Å². The van der Waals surface area contributed by atoms with Crippen molar-refractivity contribution in [1.29, 1.82) is 0 Å². The Hall–Kier alpha value is -2.64. The molecule has 3 rings (SSSR count). The van der Waals surface area contributed by atoms with Crippen LogP contribution >= 0.6 is 0 Å². The van der Waals surface area contributed by atoms with Gasteiger partial charge in [0.1, 0.15) is 11.8 Å².